The first kappa shape index (κ1) is 24.8. The molecule has 0 radical (unpaired) electrons. The van der Waals surface area contributed by atoms with Crippen LogP contribution in [0.5, 0.6) is 11.5 Å². The normalized spacial score (nSPS) is 12.4. The topological polar surface area (TPSA) is 84.9 Å². The molecule has 3 aromatic carbocycles. The van der Waals surface area contributed by atoms with Crippen LogP contribution < -0.4 is 14.8 Å². The van der Waals surface area contributed by atoms with Crippen LogP contribution in [0.4, 0.5) is 0 Å². The summed E-state index contributed by atoms with van der Waals surface area (Å²) in [4.78, 5) is 25.2. The number of amides is 1. The molecule has 0 spiro atoms. The Morgan fingerprint density at radius 3 is 2.18 bits per heavy atom. The molecule has 3 rings (SSSR count). The Labute approximate surface area is 200 Å². The molecule has 2 N–H and O–H groups in total. The van der Waals surface area contributed by atoms with Crippen LogP contribution in [0.2, 0.25) is 0 Å². The van der Waals surface area contributed by atoms with Crippen molar-refractivity contribution in [3.05, 3.63) is 95.1 Å². The quantitative estimate of drug-likeness (QED) is 0.298. The second kappa shape index (κ2) is 11.4. The lowest BCUT2D eigenvalue weighted by molar-refractivity contribution is -0.158. The Bertz CT molecular complexity index is 1110. The van der Waals surface area contributed by atoms with E-state index in [0.29, 0.717) is 23.7 Å². The number of aryl methyl sites for hydroxylation is 1. The SMILES string of the molecule is CCC(NC(=O)c1ccc(OCCCc2ccccc2)c(C)c1C)(Oc1ccccc1)C(=O)O. The Kier molecular flexibility index (Phi) is 8.30. The van der Waals surface area contributed by atoms with E-state index in [1.54, 1.807) is 49.4 Å². The van der Waals surface area contributed by atoms with Gasteiger partial charge in [-0.2, -0.15) is 0 Å². The van der Waals surface area contributed by atoms with Gasteiger partial charge in [-0.15, -0.1) is 0 Å². The molecule has 3 aromatic rings. The van der Waals surface area contributed by atoms with Gasteiger partial charge < -0.3 is 19.9 Å². The molecule has 1 unspecified atom stereocenters. The highest BCUT2D eigenvalue weighted by atomic mass is 16.5. The maximum atomic E-state index is 13.1. The molecule has 1 amide bonds. The number of carbonyl (C=O) groups is 2. The van der Waals surface area contributed by atoms with Gasteiger partial charge in [-0.25, -0.2) is 4.79 Å². The molecule has 0 saturated carbocycles. The molecule has 178 valence electrons. The van der Waals surface area contributed by atoms with Crippen LogP contribution in [0, 0.1) is 13.8 Å². The third kappa shape index (κ3) is 5.95. The van der Waals surface area contributed by atoms with E-state index in [4.69, 9.17) is 9.47 Å². The Balaban J connectivity index is 1.69. The van der Waals surface area contributed by atoms with Gasteiger partial charge in [0, 0.05) is 12.0 Å². The first-order valence-corrected chi connectivity index (χ1v) is 11.4. The fraction of sp³-hybridized carbons (Fsp3) is 0.286. The molecular weight excluding hydrogens is 430 g/mol. The smallest absolute Gasteiger partial charge is 0.370 e. The van der Waals surface area contributed by atoms with E-state index in [1.807, 2.05) is 32.0 Å². The number of carboxylic acids is 1. The molecule has 6 heteroatoms. The molecule has 34 heavy (non-hydrogen) atoms. The van der Waals surface area contributed by atoms with Crippen molar-refractivity contribution in [2.45, 2.75) is 45.8 Å². The summed E-state index contributed by atoms with van der Waals surface area (Å²) in [5, 5.41) is 12.5. The largest absolute Gasteiger partial charge is 0.493 e. The fourth-order valence-electron chi connectivity index (χ4n) is 3.68. The molecule has 0 saturated heterocycles. The average molecular weight is 462 g/mol. The summed E-state index contributed by atoms with van der Waals surface area (Å²) >= 11 is 0. The third-order valence-electron chi connectivity index (χ3n) is 5.89. The van der Waals surface area contributed by atoms with Gasteiger partial charge in [0.15, 0.2) is 0 Å². The van der Waals surface area contributed by atoms with Crippen molar-refractivity contribution >= 4 is 11.9 Å². The standard InChI is InChI=1S/C28H31NO5/c1-4-28(27(31)32,34-23-15-9-6-10-16-23)29-26(30)24-17-18-25(21(3)20(24)2)33-19-11-14-22-12-7-5-8-13-22/h5-10,12-13,15-18H,4,11,14,19H2,1-3H3,(H,29,30)(H,31,32). The van der Waals surface area contributed by atoms with E-state index in [9.17, 15) is 14.7 Å². The van der Waals surface area contributed by atoms with Crippen LogP contribution in [0.3, 0.4) is 0 Å². The van der Waals surface area contributed by atoms with Crippen molar-refractivity contribution in [2.24, 2.45) is 0 Å². The predicted octanol–water partition coefficient (Wildman–Crippen LogP) is 5.31. The number of ether oxygens (including phenoxy) is 2. The van der Waals surface area contributed by atoms with Crippen LogP contribution in [0.25, 0.3) is 0 Å². The second-order valence-electron chi connectivity index (χ2n) is 8.15. The fourth-order valence-corrected chi connectivity index (χ4v) is 3.68. The number of benzene rings is 3. The summed E-state index contributed by atoms with van der Waals surface area (Å²) in [6, 6.07) is 22.2. The first-order chi connectivity index (χ1) is 16.4. The average Bonchev–Trinajstić information content (AvgIpc) is 2.85. The summed E-state index contributed by atoms with van der Waals surface area (Å²) < 4.78 is 11.7. The maximum absolute atomic E-state index is 13.1. The number of hydrogen-bond donors (Lipinski definition) is 2. The Hall–Kier alpha value is -3.80. The Morgan fingerprint density at radius 1 is 0.912 bits per heavy atom. The summed E-state index contributed by atoms with van der Waals surface area (Å²) in [6.07, 6.45) is 1.85. The van der Waals surface area contributed by atoms with E-state index < -0.39 is 17.6 Å². The first-order valence-electron chi connectivity index (χ1n) is 11.4. The highest BCUT2D eigenvalue weighted by Crippen LogP contribution is 2.26. The van der Waals surface area contributed by atoms with Gasteiger partial charge in [-0.1, -0.05) is 55.5 Å². The lowest BCUT2D eigenvalue weighted by Crippen LogP contribution is -2.58. The van der Waals surface area contributed by atoms with Crippen LogP contribution in [-0.2, 0) is 11.2 Å². The van der Waals surface area contributed by atoms with Crippen molar-refractivity contribution in [1.82, 2.24) is 5.32 Å². The molecule has 0 aliphatic rings. The Morgan fingerprint density at radius 2 is 1.56 bits per heavy atom. The van der Waals surface area contributed by atoms with Gasteiger partial charge in [-0.05, 0) is 67.6 Å². The van der Waals surface area contributed by atoms with Crippen molar-refractivity contribution in [2.75, 3.05) is 6.61 Å². The minimum absolute atomic E-state index is 0.0452. The molecule has 0 bridgehead atoms. The second-order valence-corrected chi connectivity index (χ2v) is 8.15. The summed E-state index contributed by atoms with van der Waals surface area (Å²) in [7, 11) is 0. The lowest BCUT2D eigenvalue weighted by Gasteiger charge is -2.30. The van der Waals surface area contributed by atoms with Crippen molar-refractivity contribution in [1.29, 1.82) is 0 Å². The number of hydrogen-bond acceptors (Lipinski definition) is 4. The van der Waals surface area contributed by atoms with E-state index in [1.165, 1.54) is 5.56 Å². The van der Waals surface area contributed by atoms with E-state index >= 15 is 0 Å². The predicted molar refractivity (Wildman–Crippen MR) is 131 cm³/mol. The molecule has 0 aromatic heterocycles. The van der Waals surface area contributed by atoms with E-state index in [-0.39, 0.29) is 6.42 Å². The molecule has 0 fully saturated rings. The van der Waals surface area contributed by atoms with E-state index in [0.717, 1.165) is 24.0 Å². The van der Waals surface area contributed by atoms with Gasteiger partial charge in [0.05, 0.1) is 6.61 Å². The molecule has 1 atom stereocenters. The number of aliphatic carboxylic acids is 1. The summed E-state index contributed by atoms with van der Waals surface area (Å²) in [6.45, 7) is 5.93. The zero-order valence-electron chi connectivity index (χ0n) is 19.8. The number of carboxylic acid groups (broad SMARTS) is 1. The van der Waals surface area contributed by atoms with Gasteiger partial charge in [0.1, 0.15) is 11.5 Å². The highest BCUT2D eigenvalue weighted by Gasteiger charge is 2.41. The molecule has 0 aliphatic carbocycles. The van der Waals surface area contributed by atoms with Gasteiger partial charge in [-0.3, -0.25) is 4.79 Å². The molecule has 0 heterocycles. The number of nitrogens with one attached hydrogen (secondary N) is 1. The van der Waals surface area contributed by atoms with Crippen molar-refractivity contribution in [3.8, 4) is 11.5 Å². The highest BCUT2D eigenvalue weighted by molar-refractivity contribution is 5.99. The number of para-hydroxylation sites is 1. The van der Waals surface area contributed by atoms with Crippen LogP contribution >= 0.6 is 0 Å². The molecular formula is C28H31NO5. The third-order valence-corrected chi connectivity index (χ3v) is 5.89. The monoisotopic (exact) mass is 461 g/mol. The minimum Gasteiger partial charge on any atom is -0.493 e. The van der Waals surface area contributed by atoms with Crippen LogP contribution in [-0.4, -0.2) is 29.3 Å². The van der Waals surface area contributed by atoms with Crippen LogP contribution in [0.15, 0.2) is 72.8 Å². The van der Waals surface area contributed by atoms with Gasteiger partial charge >= 0.3 is 5.97 Å². The maximum Gasteiger partial charge on any atom is 0.370 e. The van der Waals surface area contributed by atoms with Crippen molar-refractivity contribution < 1.29 is 24.2 Å². The molecule has 6 nitrogen and oxygen atoms in total. The zero-order chi connectivity index (χ0) is 24.6. The zero-order valence-corrected chi connectivity index (χ0v) is 19.8. The summed E-state index contributed by atoms with van der Waals surface area (Å²) in [5.74, 6) is -0.710. The lowest BCUT2D eigenvalue weighted by atomic mass is 10.0. The van der Waals surface area contributed by atoms with E-state index in [2.05, 4.69) is 17.4 Å². The van der Waals surface area contributed by atoms with Crippen molar-refractivity contribution in [3.63, 3.8) is 0 Å². The van der Waals surface area contributed by atoms with Crippen LogP contribution in [0.1, 0.15) is 46.8 Å². The number of carbonyl (C=O) groups excluding carboxylic acids is 1. The van der Waals surface area contributed by atoms with Gasteiger partial charge in [0.2, 0.25) is 0 Å². The summed E-state index contributed by atoms with van der Waals surface area (Å²) in [5.41, 5.74) is 1.33. The number of rotatable bonds is 11. The minimum atomic E-state index is -1.88. The van der Waals surface area contributed by atoms with Gasteiger partial charge in [0.25, 0.3) is 11.6 Å². The molecule has 0 aliphatic heterocycles.